The number of ether oxygens (including phenoxy) is 2. The summed E-state index contributed by atoms with van der Waals surface area (Å²) < 4.78 is 23.7. The molecule has 118 valence electrons. The Bertz CT molecular complexity index is 453. The van der Waals surface area contributed by atoms with Crippen LogP contribution >= 0.6 is 0 Å². The molecule has 0 fully saturated rings. The molecule has 21 heavy (non-hydrogen) atoms. The van der Waals surface area contributed by atoms with Gasteiger partial charge < -0.3 is 20.1 Å². The maximum absolute atomic E-state index is 13.5. The minimum Gasteiger partial charge on any atom is -0.380 e. The fourth-order valence-corrected chi connectivity index (χ4v) is 1.80. The summed E-state index contributed by atoms with van der Waals surface area (Å²) in [5, 5.41) is 6.31. The van der Waals surface area contributed by atoms with E-state index >= 15 is 0 Å². The second-order valence-corrected chi connectivity index (χ2v) is 4.41. The lowest BCUT2D eigenvalue weighted by atomic mass is 10.1. The molecule has 1 aromatic carbocycles. The lowest BCUT2D eigenvalue weighted by molar-refractivity contribution is 0.152. The minimum absolute atomic E-state index is 0.250. The van der Waals surface area contributed by atoms with Crippen molar-refractivity contribution in [3.8, 4) is 0 Å². The number of hydrogen-bond acceptors (Lipinski definition) is 3. The van der Waals surface area contributed by atoms with Gasteiger partial charge in [-0.15, -0.1) is 0 Å². The van der Waals surface area contributed by atoms with Gasteiger partial charge in [-0.2, -0.15) is 0 Å². The smallest absolute Gasteiger partial charge is 0.191 e. The van der Waals surface area contributed by atoms with Gasteiger partial charge in [0.2, 0.25) is 0 Å². The van der Waals surface area contributed by atoms with Gasteiger partial charge in [0.15, 0.2) is 5.96 Å². The van der Waals surface area contributed by atoms with Gasteiger partial charge in [-0.25, -0.2) is 4.39 Å². The van der Waals surface area contributed by atoms with Crippen LogP contribution in [0.4, 0.5) is 4.39 Å². The molecule has 0 unspecified atom stereocenters. The van der Waals surface area contributed by atoms with E-state index in [1.807, 2.05) is 6.92 Å². The molecular weight excluding hydrogens is 273 g/mol. The van der Waals surface area contributed by atoms with Gasteiger partial charge >= 0.3 is 0 Å². The summed E-state index contributed by atoms with van der Waals surface area (Å²) in [7, 11) is 3.26. The normalized spacial score (nSPS) is 11.5. The second-order valence-electron chi connectivity index (χ2n) is 4.41. The number of methoxy groups -OCH3 is 1. The molecule has 0 aromatic heterocycles. The zero-order valence-corrected chi connectivity index (χ0v) is 12.9. The van der Waals surface area contributed by atoms with Crippen molar-refractivity contribution in [2.24, 2.45) is 4.99 Å². The van der Waals surface area contributed by atoms with Crippen molar-refractivity contribution in [3.05, 3.63) is 35.1 Å². The summed E-state index contributed by atoms with van der Waals surface area (Å²) in [6, 6.07) is 4.99. The molecule has 0 aliphatic carbocycles. The summed E-state index contributed by atoms with van der Waals surface area (Å²) >= 11 is 0. The Balaban J connectivity index is 2.47. The lowest BCUT2D eigenvalue weighted by Gasteiger charge is -2.12. The van der Waals surface area contributed by atoms with Crippen LogP contribution in [0.2, 0.25) is 0 Å². The van der Waals surface area contributed by atoms with Crippen molar-refractivity contribution in [3.63, 3.8) is 0 Å². The van der Waals surface area contributed by atoms with Gasteiger partial charge in [-0.05, 0) is 24.6 Å². The number of benzene rings is 1. The summed E-state index contributed by atoms with van der Waals surface area (Å²) in [5.41, 5.74) is 1.52. The Morgan fingerprint density at radius 1 is 1.33 bits per heavy atom. The third-order valence-corrected chi connectivity index (χ3v) is 2.84. The van der Waals surface area contributed by atoms with Crippen LogP contribution in [-0.2, 0) is 22.6 Å². The number of rotatable bonds is 8. The van der Waals surface area contributed by atoms with Crippen LogP contribution in [0.3, 0.4) is 0 Å². The molecular formula is C15H24FN3O2. The zero-order valence-electron chi connectivity index (χ0n) is 12.9. The van der Waals surface area contributed by atoms with Gasteiger partial charge in [0, 0.05) is 39.4 Å². The SMILES string of the molecule is CCOCCNC(=NC)NCc1ccc(F)c(COC)c1. The average Bonchev–Trinajstić information content (AvgIpc) is 2.50. The quantitative estimate of drug-likeness (QED) is 0.435. The molecule has 0 heterocycles. The topological polar surface area (TPSA) is 54.9 Å². The van der Waals surface area contributed by atoms with Crippen molar-refractivity contribution in [1.82, 2.24) is 10.6 Å². The molecule has 2 N–H and O–H groups in total. The van der Waals surface area contributed by atoms with E-state index in [0.717, 1.165) is 5.56 Å². The van der Waals surface area contributed by atoms with E-state index in [2.05, 4.69) is 15.6 Å². The third-order valence-electron chi connectivity index (χ3n) is 2.84. The molecule has 5 nitrogen and oxygen atoms in total. The maximum atomic E-state index is 13.5. The number of hydrogen-bond donors (Lipinski definition) is 2. The second kappa shape index (κ2) is 10.1. The Labute approximate surface area is 125 Å². The van der Waals surface area contributed by atoms with Gasteiger partial charge in [-0.3, -0.25) is 4.99 Å². The Morgan fingerprint density at radius 3 is 2.81 bits per heavy atom. The highest BCUT2D eigenvalue weighted by molar-refractivity contribution is 5.79. The highest BCUT2D eigenvalue weighted by Crippen LogP contribution is 2.11. The van der Waals surface area contributed by atoms with E-state index in [1.54, 1.807) is 26.3 Å². The molecule has 6 heteroatoms. The molecule has 1 aromatic rings. The maximum Gasteiger partial charge on any atom is 0.191 e. The first kappa shape index (κ1) is 17.4. The number of nitrogens with one attached hydrogen (secondary N) is 2. The van der Waals surface area contributed by atoms with Crippen LogP contribution in [0.15, 0.2) is 23.2 Å². The average molecular weight is 297 g/mol. The minimum atomic E-state index is -0.250. The predicted molar refractivity (Wildman–Crippen MR) is 81.8 cm³/mol. The molecule has 0 bridgehead atoms. The first-order chi connectivity index (χ1) is 10.2. The number of guanidine groups is 1. The monoisotopic (exact) mass is 297 g/mol. The van der Waals surface area contributed by atoms with Crippen molar-refractivity contribution < 1.29 is 13.9 Å². The van der Waals surface area contributed by atoms with E-state index < -0.39 is 0 Å². The van der Waals surface area contributed by atoms with E-state index in [1.165, 1.54) is 6.07 Å². The summed E-state index contributed by atoms with van der Waals surface area (Å²) in [4.78, 5) is 4.12. The highest BCUT2D eigenvalue weighted by atomic mass is 19.1. The zero-order chi connectivity index (χ0) is 15.5. The molecule has 0 amide bonds. The molecule has 0 atom stereocenters. The fraction of sp³-hybridized carbons (Fsp3) is 0.533. The molecule has 0 radical (unpaired) electrons. The number of nitrogens with zero attached hydrogens (tertiary/aromatic N) is 1. The van der Waals surface area contributed by atoms with Crippen LogP contribution in [0.5, 0.6) is 0 Å². The van der Waals surface area contributed by atoms with Crippen molar-refractivity contribution in [2.75, 3.05) is 33.9 Å². The Kier molecular flexibility index (Phi) is 8.38. The lowest BCUT2D eigenvalue weighted by Crippen LogP contribution is -2.38. The van der Waals surface area contributed by atoms with Crippen molar-refractivity contribution in [1.29, 1.82) is 0 Å². The number of halogens is 1. The van der Waals surface area contributed by atoms with Crippen LogP contribution in [-0.4, -0.2) is 39.9 Å². The largest absolute Gasteiger partial charge is 0.380 e. The van der Waals surface area contributed by atoms with Crippen molar-refractivity contribution >= 4 is 5.96 Å². The summed E-state index contributed by atoms with van der Waals surface area (Å²) in [6.07, 6.45) is 0. The van der Waals surface area contributed by atoms with Crippen LogP contribution in [0.1, 0.15) is 18.1 Å². The predicted octanol–water partition coefficient (Wildman–Crippen LogP) is 1.67. The molecule has 0 spiro atoms. The van der Waals surface area contributed by atoms with Crippen LogP contribution < -0.4 is 10.6 Å². The van der Waals surface area contributed by atoms with Gasteiger partial charge in [0.25, 0.3) is 0 Å². The van der Waals surface area contributed by atoms with E-state index in [-0.39, 0.29) is 12.4 Å². The number of aliphatic imine (C=N–C) groups is 1. The molecule has 1 rings (SSSR count). The van der Waals surface area contributed by atoms with Gasteiger partial charge in [0.05, 0.1) is 13.2 Å². The highest BCUT2D eigenvalue weighted by Gasteiger charge is 2.04. The standard InChI is InChI=1S/C15H24FN3O2/c1-4-21-8-7-18-15(17-2)19-10-12-5-6-14(16)13(9-12)11-20-3/h5-6,9H,4,7-8,10-11H2,1-3H3,(H2,17,18,19). The Morgan fingerprint density at radius 2 is 2.14 bits per heavy atom. The van der Waals surface area contributed by atoms with Gasteiger partial charge in [-0.1, -0.05) is 6.07 Å². The van der Waals surface area contributed by atoms with Crippen LogP contribution in [0.25, 0.3) is 0 Å². The first-order valence-electron chi connectivity index (χ1n) is 6.99. The van der Waals surface area contributed by atoms with Crippen molar-refractivity contribution in [2.45, 2.75) is 20.1 Å². The van der Waals surface area contributed by atoms with E-state index in [4.69, 9.17) is 9.47 Å². The summed E-state index contributed by atoms with van der Waals surface area (Å²) in [5.74, 6) is 0.437. The fourth-order valence-electron chi connectivity index (χ4n) is 1.80. The van der Waals surface area contributed by atoms with E-state index in [9.17, 15) is 4.39 Å². The van der Waals surface area contributed by atoms with Gasteiger partial charge in [0.1, 0.15) is 5.82 Å². The molecule has 0 aliphatic rings. The molecule has 0 saturated heterocycles. The third kappa shape index (κ3) is 6.55. The summed E-state index contributed by atoms with van der Waals surface area (Å²) in [6.45, 7) is 4.80. The first-order valence-corrected chi connectivity index (χ1v) is 6.99. The Hall–Kier alpha value is -1.66. The molecule has 0 saturated carbocycles. The van der Waals surface area contributed by atoms with Crippen LogP contribution in [0, 0.1) is 5.82 Å². The van der Waals surface area contributed by atoms with E-state index in [0.29, 0.717) is 37.8 Å². The molecule has 0 aliphatic heterocycles.